The van der Waals surface area contributed by atoms with E-state index in [0.29, 0.717) is 16.8 Å². The van der Waals surface area contributed by atoms with Crippen LogP contribution in [-0.4, -0.2) is 15.0 Å². The molecule has 10 aromatic rings. The molecule has 0 spiro atoms. The van der Waals surface area contributed by atoms with Crippen molar-refractivity contribution in [2.45, 2.75) is 0 Å². The van der Waals surface area contributed by atoms with Gasteiger partial charge in [0.1, 0.15) is 5.69 Å². The van der Waals surface area contributed by atoms with E-state index in [4.69, 9.17) is 6.57 Å². The van der Waals surface area contributed by atoms with E-state index in [9.17, 15) is 10.5 Å². The predicted octanol–water partition coefficient (Wildman–Crippen LogP) is 14.6. The molecule has 0 aliphatic rings. The van der Waals surface area contributed by atoms with E-state index in [2.05, 4.69) is 86.5 Å². The van der Waals surface area contributed by atoms with Crippen LogP contribution in [0.1, 0.15) is 11.1 Å². The zero-order valence-corrected chi connectivity index (χ0v) is 38.0. The van der Waals surface area contributed by atoms with Crippen LogP contribution in [0.3, 0.4) is 0 Å². The zero-order valence-electron chi connectivity index (χ0n) is 35.6. The second-order valence-corrected chi connectivity index (χ2v) is 15.4. The minimum Gasteiger partial charge on any atom is -0.305 e. The maximum atomic E-state index is 10.6. The molecular weight excluding hydrogens is 997 g/mol. The second kappa shape index (κ2) is 19.5. The van der Waals surface area contributed by atoms with E-state index in [1.54, 1.807) is 18.6 Å². The van der Waals surface area contributed by atoms with Crippen LogP contribution in [0.2, 0.25) is 0 Å². The third-order valence-corrected chi connectivity index (χ3v) is 11.5. The Hall–Kier alpha value is -8.89. The minimum absolute atomic E-state index is 0. The molecule has 0 fully saturated rings. The van der Waals surface area contributed by atoms with E-state index in [-0.39, 0.29) is 20.1 Å². The molecule has 0 saturated carbocycles. The zero-order chi connectivity index (χ0) is 44.8. The van der Waals surface area contributed by atoms with E-state index < -0.39 is 0 Å². The van der Waals surface area contributed by atoms with Gasteiger partial charge in [-0.1, -0.05) is 143 Å². The molecule has 3 aromatic heterocycles. The van der Waals surface area contributed by atoms with Crippen molar-refractivity contribution in [3.63, 3.8) is 0 Å². The topological polar surface area (TPSA) is 90.6 Å². The quantitative estimate of drug-likeness (QED) is 0.134. The van der Waals surface area contributed by atoms with Crippen molar-refractivity contribution < 1.29 is 20.1 Å². The maximum Gasteiger partial charge on any atom is 3.00 e. The Morgan fingerprint density at radius 3 is 1.06 bits per heavy atom. The Bertz CT molecular complexity index is 3180. The molecular formula is C60H33IrN6. The summed E-state index contributed by atoms with van der Waals surface area (Å²) in [4.78, 5) is 17.5. The van der Waals surface area contributed by atoms with Crippen molar-refractivity contribution in [1.29, 1.82) is 10.5 Å². The van der Waals surface area contributed by atoms with Crippen LogP contribution in [0.5, 0.6) is 0 Å². The fraction of sp³-hybridized carbons (Fsp3) is 0. The Balaban J connectivity index is 0.00000562. The maximum absolute atomic E-state index is 10.6. The normalized spacial score (nSPS) is 10.5. The van der Waals surface area contributed by atoms with E-state index >= 15 is 0 Å². The first-order valence-corrected chi connectivity index (χ1v) is 21.1. The number of aromatic nitrogens is 3. The number of hydrogen-bond donors (Lipinski definition) is 0. The molecule has 0 saturated heterocycles. The molecule has 3 heterocycles. The summed E-state index contributed by atoms with van der Waals surface area (Å²) in [6.45, 7) is 8.30. The van der Waals surface area contributed by atoms with E-state index in [1.807, 2.05) is 146 Å². The summed E-state index contributed by atoms with van der Waals surface area (Å²) in [7, 11) is 0. The van der Waals surface area contributed by atoms with Gasteiger partial charge in [0.05, 0.1) is 18.7 Å². The van der Waals surface area contributed by atoms with Crippen LogP contribution in [0.4, 0.5) is 5.69 Å². The van der Waals surface area contributed by atoms with Crippen molar-refractivity contribution in [1.82, 2.24) is 15.0 Å². The standard InChI is InChI=1S/C60H33N6.Ir/c1-63-60-37-42(59-22-10-13-31-66-59)25-28-56(60)55-19-7-4-16-50(55)45-35-43(48-14-2-5-17-53(48)51-26-23-40(32-46(51)38-61)57-20-8-11-29-64-57)34-44(36-45)49-15-3-6-18-54(49)52-27-24-41(33-47(52)39-62)58-21-9-12-30-65-58;/h2-22,26-37H;/q-3;+3. The second-order valence-electron chi connectivity index (χ2n) is 15.4. The van der Waals surface area contributed by atoms with Crippen molar-refractivity contribution in [3.05, 3.63) is 241 Å². The third kappa shape index (κ3) is 8.71. The first-order chi connectivity index (χ1) is 32.6. The average Bonchev–Trinajstić information content (AvgIpc) is 3.41. The van der Waals surface area contributed by atoms with Crippen LogP contribution >= 0.6 is 0 Å². The molecule has 0 radical (unpaired) electrons. The van der Waals surface area contributed by atoms with Crippen molar-refractivity contribution in [2.75, 3.05) is 0 Å². The van der Waals surface area contributed by atoms with Gasteiger partial charge in [0.15, 0.2) is 0 Å². The molecule has 0 bridgehead atoms. The summed E-state index contributed by atoms with van der Waals surface area (Å²) in [5.74, 6) is 0. The predicted molar refractivity (Wildman–Crippen MR) is 261 cm³/mol. The van der Waals surface area contributed by atoms with Crippen LogP contribution in [0.15, 0.2) is 201 Å². The van der Waals surface area contributed by atoms with Gasteiger partial charge in [-0.2, -0.15) is 10.5 Å². The first-order valence-electron chi connectivity index (χ1n) is 21.1. The number of nitriles is 2. The minimum atomic E-state index is 0. The molecule has 0 unspecified atom stereocenters. The third-order valence-electron chi connectivity index (χ3n) is 11.5. The van der Waals surface area contributed by atoms with Gasteiger partial charge < -0.3 is 15.0 Å². The van der Waals surface area contributed by atoms with Gasteiger partial charge in [-0.3, -0.25) is 4.85 Å². The molecule has 6 nitrogen and oxygen atoms in total. The fourth-order valence-corrected chi connectivity index (χ4v) is 8.41. The number of hydrogen-bond acceptors (Lipinski definition) is 5. The number of benzene rings is 7. The summed E-state index contributed by atoms with van der Waals surface area (Å²) in [6.07, 6.45) is 5.19. The smallest absolute Gasteiger partial charge is 0.305 e. The van der Waals surface area contributed by atoms with E-state index in [1.165, 1.54) is 0 Å². The molecule has 7 aromatic carbocycles. The average molecular weight is 1030 g/mol. The SMILES string of the molecule is [C-]#[N+]c1cc(-c2ccccn2)[c-]cc1-c1ccccc1-c1cc(-c2ccccc2-c2c[c-]c(-c3ccccn3)cc2C#N)cc(-c2ccccc2-c2c[c-]c(-c3ccccn3)cc2C#N)c1.[Ir+3]. The largest absolute Gasteiger partial charge is 3.00 e. The van der Waals surface area contributed by atoms with Crippen LogP contribution in [-0.2, 0) is 20.1 Å². The summed E-state index contributed by atoms with van der Waals surface area (Å²) < 4.78 is 0. The summed E-state index contributed by atoms with van der Waals surface area (Å²) in [6, 6.07) is 74.2. The van der Waals surface area contributed by atoms with Crippen molar-refractivity contribution in [3.8, 4) is 113 Å². The molecule has 0 atom stereocenters. The molecule has 7 heteroatoms. The molecule has 0 aliphatic carbocycles. The fourth-order valence-electron chi connectivity index (χ4n) is 8.41. The van der Waals surface area contributed by atoms with Crippen LogP contribution < -0.4 is 0 Å². The van der Waals surface area contributed by atoms with Crippen LogP contribution in [0, 0.1) is 47.4 Å². The van der Waals surface area contributed by atoms with Crippen LogP contribution in [0.25, 0.3) is 105 Å². The van der Waals surface area contributed by atoms with Gasteiger partial charge in [-0.15, -0.1) is 71.3 Å². The van der Waals surface area contributed by atoms with E-state index in [0.717, 1.165) is 101 Å². The van der Waals surface area contributed by atoms with Crippen molar-refractivity contribution >= 4 is 5.69 Å². The summed E-state index contributed by atoms with van der Waals surface area (Å²) in [5.41, 5.74) is 16.2. The molecule has 0 amide bonds. The number of nitrogens with zero attached hydrogens (tertiary/aromatic N) is 6. The Morgan fingerprint density at radius 1 is 0.388 bits per heavy atom. The molecule has 67 heavy (non-hydrogen) atoms. The first kappa shape index (κ1) is 43.4. The van der Waals surface area contributed by atoms with Gasteiger partial charge in [0, 0.05) is 18.6 Å². The molecule has 10 rings (SSSR count). The Labute approximate surface area is 403 Å². The van der Waals surface area contributed by atoms with Gasteiger partial charge >= 0.3 is 20.1 Å². The summed E-state index contributed by atoms with van der Waals surface area (Å²) in [5, 5.41) is 21.2. The Morgan fingerprint density at radius 2 is 0.716 bits per heavy atom. The van der Waals surface area contributed by atoms with Gasteiger partial charge in [0.25, 0.3) is 0 Å². The number of pyridine rings is 3. The molecule has 0 N–H and O–H groups in total. The Kier molecular flexibility index (Phi) is 12.6. The monoisotopic (exact) mass is 1030 g/mol. The summed E-state index contributed by atoms with van der Waals surface area (Å²) >= 11 is 0. The van der Waals surface area contributed by atoms with Gasteiger partial charge in [-0.05, 0) is 98.0 Å². The van der Waals surface area contributed by atoms with Gasteiger partial charge in [0.2, 0.25) is 0 Å². The molecule has 312 valence electrons. The van der Waals surface area contributed by atoms with Crippen molar-refractivity contribution in [2.24, 2.45) is 0 Å². The number of rotatable bonds is 9. The molecule has 0 aliphatic heterocycles. The van der Waals surface area contributed by atoms with Gasteiger partial charge in [-0.25, -0.2) is 0 Å².